The number of fused-ring (bicyclic) bond motifs is 1. The lowest BCUT2D eigenvalue weighted by Crippen LogP contribution is -2.38. The third kappa shape index (κ3) is 4.82. The molecule has 2 N–H and O–H groups in total. The Morgan fingerprint density at radius 3 is 2.21 bits per heavy atom. The maximum atomic E-state index is 12.5. The van der Waals surface area contributed by atoms with Gasteiger partial charge in [-0.15, -0.1) is 0 Å². The summed E-state index contributed by atoms with van der Waals surface area (Å²) >= 11 is 0. The van der Waals surface area contributed by atoms with Crippen molar-refractivity contribution in [2.45, 2.75) is 19.9 Å². The zero-order valence-corrected chi connectivity index (χ0v) is 15.6. The first-order chi connectivity index (χ1) is 13.5. The summed E-state index contributed by atoms with van der Waals surface area (Å²) in [5.41, 5.74) is 1.32. The fourth-order valence-corrected chi connectivity index (χ4v) is 2.95. The zero-order chi connectivity index (χ0) is 19.9. The highest BCUT2D eigenvalue weighted by molar-refractivity contribution is 5.83. The molecular formula is C21H22N4O3. The van der Waals surface area contributed by atoms with Crippen LogP contribution in [-0.2, 0) is 22.6 Å². The molecule has 0 atom stereocenters. The first-order valence-corrected chi connectivity index (χ1v) is 9.08. The Kier molecular flexibility index (Phi) is 6.16. The van der Waals surface area contributed by atoms with E-state index in [0.29, 0.717) is 24.0 Å². The van der Waals surface area contributed by atoms with Crippen LogP contribution in [0.15, 0.2) is 59.4 Å². The SMILES string of the molecule is Cc1nn(CC(=O)NCCNC(=O)Cc2ccccc2)c(=O)c2ccccc12. The first-order valence-electron chi connectivity index (χ1n) is 9.08. The maximum absolute atomic E-state index is 12.5. The number of hydrogen-bond acceptors (Lipinski definition) is 4. The highest BCUT2D eigenvalue weighted by atomic mass is 16.2. The van der Waals surface area contributed by atoms with Crippen molar-refractivity contribution in [1.29, 1.82) is 0 Å². The fraction of sp³-hybridized carbons (Fsp3) is 0.238. The van der Waals surface area contributed by atoms with Crippen LogP contribution in [-0.4, -0.2) is 34.7 Å². The van der Waals surface area contributed by atoms with Gasteiger partial charge in [0.25, 0.3) is 5.56 Å². The summed E-state index contributed by atoms with van der Waals surface area (Å²) in [6.07, 6.45) is 0.296. The summed E-state index contributed by atoms with van der Waals surface area (Å²) in [4.78, 5) is 36.5. The van der Waals surface area contributed by atoms with E-state index in [0.717, 1.165) is 10.9 Å². The Hall–Kier alpha value is -3.48. The summed E-state index contributed by atoms with van der Waals surface area (Å²) in [5.74, 6) is -0.440. The molecule has 1 aromatic heterocycles. The summed E-state index contributed by atoms with van der Waals surface area (Å²) in [6.45, 7) is 2.23. The summed E-state index contributed by atoms with van der Waals surface area (Å²) in [5, 5.41) is 11.0. The van der Waals surface area contributed by atoms with Crippen molar-refractivity contribution in [3.05, 3.63) is 76.2 Å². The van der Waals surface area contributed by atoms with Gasteiger partial charge in [-0.3, -0.25) is 14.4 Å². The third-order valence-corrected chi connectivity index (χ3v) is 4.32. The minimum atomic E-state index is -0.332. The highest BCUT2D eigenvalue weighted by Gasteiger charge is 2.10. The molecule has 0 saturated heterocycles. The number of aromatic nitrogens is 2. The number of hydrogen-bond donors (Lipinski definition) is 2. The van der Waals surface area contributed by atoms with Gasteiger partial charge in [0.2, 0.25) is 11.8 Å². The number of rotatable bonds is 7. The topological polar surface area (TPSA) is 93.1 Å². The van der Waals surface area contributed by atoms with Gasteiger partial charge in [-0.1, -0.05) is 48.5 Å². The average Bonchev–Trinajstić information content (AvgIpc) is 2.70. The Labute approximate surface area is 162 Å². The van der Waals surface area contributed by atoms with E-state index in [1.807, 2.05) is 42.5 Å². The Morgan fingerprint density at radius 1 is 0.893 bits per heavy atom. The molecule has 0 fully saturated rings. The zero-order valence-electron chi connectivity index (χ0n) is 15.6. The van der Waals surface area contributed by atoms with E-state index in [9.17, 15) is 14.4 Å². The minimum absolute atomic E-state index is 0.108. The second kappa shape index (κ2) is 8.94. The lowest BCUT2D eigenvalue weighted by Gasteiger charge is -2.10. The van der Waals surface area contributed by atoms with Gasteiger partial charge in [0.1, 0.15) is 6.54 Å². The molecule has 1 heterocycles. The molecule has 7 nitrogen and oxygen atoms in total. The monoisotopic (exact) mass is 378 g/mol. The molecule has 0 aliphatic rings. The van der Waals surface area contributed by atoms with Gasteiger partial charge in [0, 0.05) is 18.5 Å². The normalized spacial score (nSPS) is 10.6. The van der Waals surface area contributed by atoms with Gasteiger partial charge in [0.15, 0.2) is 0 Å². The molecule has 0 saturated carbocycles. The van der Waals surface area contributed by atoms with Gasteiger partial charge in [-0.25, -0.2) is 4.68 Å². The molecule has 3 rings (SSSR count). The minimum Gasteiger partial charge on any atom is -0.354 e. The highest BCUT2D eigenvalue weighted by Crippen LogP contribution is 2.11. The Morgan fingerprint density at radius 2 is 1.50 bits per heavy atom. The molecule has 0 aliphatic heterocycles. The smallest absolute Gasteiger partial charge is 0.275 e. The van der Waals surface area contributed by atoms with E-state index < -0.39 is 0 Å². The predicted molar refractivity (Wildman–Crippen MR) is 107 cm³/mol. The molecule has 0 aliphatic carbocycles. The first kappa shape index (κ1) is 19.3. The molecule has 144 valence electrons. The van der Waals surface area contributed by atoms with E-state index in [4.69, 9.17) is 0 Å². The number of carbonyl (C=O) groups is 2. The molecule has 0 bridgehead atoms. The number of amides is 2. The van der Waals surface area contributed by atoms with Crippen molar-refractivity contribution in [3.8, 4) is 0 Å². The molecule has 3 aromatic rings. The van der Waals surface area contributed by atoms with E-state index in [1.54, 1.807) is 19.1 Å². The molecule has 0 spiro atoms. The van der Waals surface area contributed by atoms with Crippen LogP contribution in [0.25, 0.3) is 10.8 Å². The van der Waals surface area contributed by atoms with Crippen molar-refractivity contribution in [2.24, 2.45) is 0 Å². The van der Waals surface area contributed by atoms with E-state index >= 15 is 0 Å². The largest absolute Gasteiger partial charge is 0.354 e. The lowest BCUT2D eigenvalue weighted by atomic mass is 10.1. The summed E-state index contributed by atoms with van der Waals surface area (Å²) in [7, 11) is 0. The van der Waals surface area contributed by atoms with Gasteiger partial charge < -0.3 is 10.6 Å². The fourth-order valence-electron chi connectivity index (χ4n) is 2.95. The predicted octanol–water partition coefficient (Wildman–Crippen LogP) is 1.18. The van der Waals surface area contributed by atoms with Crippen LogP contribution in [0.4, 0.5) is 0 Å². The van der Waals surface area contributed by atoms with Gasteiger partial charge in [0.05, 0.1) is 17.5 Å². The summed E-state index contributed by atoms with van der Waals surface area (Å²) < 4.78 is 1.17. The van der Waals surface area contributed by atoms with Crippen LogP contribution in [0.2, 0.25) is 0 Å². The van der Waals surface area contributed by atoms with Gasteiger partial charge >= 0.3 is 0 Å². The van der Waals surface area contributed by atoms with Crippen molar-refractivity contribution < 1.29 is 9.59 Å². The molecular weight excluding hydrogens is 356 g/mol. The molecule has 0 radical (unpaired) electrons. The standard InChI is InChI=1S/C21H22N4O3/c1-15-17-9-5-6-10-18(17)21(28)25(24-15)14-20(27)23-12-11-22-19(26)13-16-7-3-2-4-8-16/h2-10H,11-14H2,1H3,(H,22,26)(H,23,27). The van der Waals surface area contributed by atoms with E-state index in [2.05, 4.69) is 15.7 Å². The average molecular weight is 378 g/mol. The van der Waals surface area contributed by atoms with Crippen LogP contribution >= 0.6 is 0 Å². The quantitative estimate of drug-likeness (QED) is 0.604. The van der Waals surface area contributed by atoms with E-state index in [-0.39, 0.29) is 30.5 Å². The van der Waals surface area contributed by atoms with E-state index in [1.165, 1.54) is 4.68 Å². The Balaban J connectivity index is 1.48. The van der Waals surface area contributed by atoms with Crippen molar-refractivity contribution >= 4 is 22.6 Å². The van der Waals surface area contributed by atoms with Crippen LogP contribution in [0.1, 0.15) is 11.3 Å². The number of benzene rings is 2. The van der Waals surface area contributed by atoms with Crippen molar-refractivity contribution in [2.75, 3.05) is 13.1 Å². The molecule has 2 amide bonds. The molecule has 2 aromatic carbocycles. The summed E-state index contributed by atoms with van der Waals surface area (Å²) in [6, 6.07) is 16.6. The Bertz CT molecular complexity index is 1040. The van der Waals surface area contributed by atoms with Crippen molar-refractivity contribution in [3.63, 3.8) is 0 Å². The molecule has 28 heavy (non-hydrogen) atoms. The number of aryl methyl sites for hydroxylation is 1. The second-order valence-electron chi connectivity index (χ2n) is 6.46. The van der Waals surface area contributed by atoms with Crippen LogP contribution < -0.4 is 16.2 Å². The van der Waals surface area contributed by atoms with Crippen molar-refractivity contribution in [1.82, 2.24) is 20.4 Å². The second-order valence-corrected chi connectivity index (χ2v) is 6.46. The maximum Gasteiger partial charge on any atom is 0.275 e. The van der Waals surface area contributed by atoms with Crippen LogP contribution in [0, 0.1) is 6.92 Å². The van der Waals surface area contributed by atoms with Crippen LogP contribution in [0.5, 0.6) is 0 Å². The number of nitrogens with one attached hydrogen (secondary N) is 2. The molecule has 0 unspecified atom stereocenters. The number of carbonyl (C=O) groups excluding carboxylic acids is 2. The van der Waals surface area contributed by atoms with Crippen LogP contribution in [0.3, 0.4) is 0 Å². The lowest BCUT2D eigenvalue weighted by molar-refractivity contribution is -0.123. The van der Waals surface area contributed by atoms with Gasteiger partial charge in [-0.05, 0) is 18.6 Å². The van der Waals surface area contributed by atoms with Gasteiger partial charge in [-0.2, -0.15) is 5.10 Å². The third-order valence-electron chi connectivity index (χ3n) is 4.32. The molecule has 7 heteroatoms. The number of nitrogens with zero attached hydrogens (tertiary/aromatic N) is 2.